The number of hydrogen-bond donors (Lipinski definition) is 0. The molecule has 0 aliphatic carbocycles. The van der Waals surface area contributed by atoms with Crippen LogP contribution in [0.1, 0.15) is 12.5 Å². The van der Waals surface area contributed by atoms with Crippen molar-refractivity contribution >= 4 is 23.4 Å². The highest BCUT2D eigenvalue weighted by Crippen LogP contribution is 2.23. The third kappa shape index (κ3) is 3.72. The normalized spacial score (nSPS) is 10.9. The summed E-state index contributed by atoms with van der Waals surface area (Å²) in [4.78, 5) is 0. The lowest BCUT2D eigenvalue weighted by molar-refractivity contribution is 0.164. The molecule has 2 rings (SSSR count). The van der Waals surface area contributed by atoms with Crippen molar-refractivity contribution in [2.45, 2.75) is 19.0 Å². The van der Waals surface area contributed by atoms with E-state index in [4.69, 9.17) is 16.3 Å². The van der Waals surface area contributed by atoms with Gasteiger partial charge >= 0.3 is 0 Å². The molecule has 0 saturated heterocycles. The third-order valence-electron chi connectivity index (χ3n) is 2.61. The number of halogens is 1. The van der Waals surface area contributed by atoms with Crippen LogP contribution in [-0.4, -0.2) is 33.7 Å². The molecule has 2 aromatic rings. The summed E-state index contributed by atoms with van der Waals surface area (Å²) in [6, 6.07) is 5.93. The van der Waals surface area contributed by atoms with Gasteiger partial charge in [0.2, 0.25) is 0 Å². The molecular weight excluding hydrogens is 282 g/mol. The average Bonchev–Trinajstić information content (AvgIpc) is 2.86. The molecule has 0 radical (unpaired) electrons. The van der Waals surface area contributed by atoms with Crippen LogP contribution in [0.5, 0.6) is 0 Å². The molecule has 0 aliphatic heterocycles. The van der Waals surface area contributed by atoms with Gasteiger partial charge in [-0.2, -0.15) is 0 Å². The predicted octanol–water partition coefficient (Wildman–Crippen LogP) is 3.36. The summed E-state index contributed by atoms with van der Waals surface area (Å²) in [5.41, 5.74) is 2.03. The predicted molar refractivity (Wildman–Crippen MR) is 78.3 cm³/mol. The van der Waals surface area contributed by atoms with E-state index < -0.39 is 0 Å². The minimum Gasteiger partial charge on any atom is -0.381 e. The molecule has 1 aromatic heterocycles. The van der Waals surface area contributed by atoms with Crippen molar-refractivity contribution in [3.05, 3.63) is 35.1 Å². The summed E-state index contributed by atoms with van der Waals surface area (Å²) < 4.78 is 7.25. The fourth-order valence-corrected chi connectivity index (χ4v) is 2.52. The van der Waals surface area contributed by atoms with Gasteiger partial charge in [0, 0.05) is 17.4 Å². The fraction of sp³-hybridized carbons (Fsp3) is 0.385. The Morgan fingerprint density at radius 2 is 2.26 bits per heavy atom. The monoisotopic (exact) mass is 297 g/mol. The van der Waals surface area contributed by atoms with Gasteiger partial charge in [0.25, 0.3) is 0 Å². The molecule has 19 heavy (non-hydrogen) atoms. The Balaban J connectivity index is 2.12. The van der Waals surface area contributed by atoms with E-state index in [2.05, 4.69) is 10.2 Å². The number of aromatic nitrogens is 3. The molecule has 6 heteroatoms. The highest BCUT2D eigenvalue weighted by molar-refractivity contribution is 7.99. The topological polar surface area (TPSA) is 39.9 Å². The average molecular weight is 298 g/mol. The fourth-order valence-electron chi connectivity index (χ4n) is 1.57. The van der Waals surface area contributed by atoms with Gasteiger partial charge < -0.3 is 4.74 Å². The summed E-state index contributed by atoms with van der Waals surface area (Å²) in [6.45, 7) is 5.42. The molecule has 0 N–H and O–H groups in total. The summed E-state index contributed by atoms with van der Waals surface area (Å²) in [7, 11) is 0. The third-order valence-corrected chi connectivity index (χ3v) is 3.93. The number of ether oxygens (including phenoxy) is 1. The summed E-state index contributed by atoms with van der Waals surface area (Å²) in [5.74, 6) is 0.853. The summed E-state index contributed by atoms with van der Waals surface area (Å²) >= 11 is 7.77. The zero-order valence-corrected chi connectivity index (χ0v) is 12.5. The molecular formula is C13H16ClN3OS. The Labute approximate surface area is 122 Å². The van der Waals surface area contributed by atoms with Crippen molar-refractivity contribution in [1.82, 2.24) is 14.8 Å². The Hall–Kier alpha value is -1.04. The molecule has 0 amide bonds. The van der Waals surface area contributed by atoms with Crippen molar-refractivity contribution in [3.8, 4) is 5.69 Å². The van der Waals surface area contributed by atoms with E-state index in [0.717, 1.165) is 33.8 Å². The Bertz CT molecular complexity index is 544. The van der Waals surface area contributed by atoms with E-state index in [0.29, 0.717) is 6.61 Å². The van der Waals surface area contributed by atoms with E-state index in [1.165, 1.54) is 0 Å². The highest BCUT2D eigenvalue weighted by Gasteiger charge is 2.08. The first-order valence-electron chi connectivity index (χ1n) is 6.09. The van der Waals surface area contributed by atoms with Gasteiger partial charge in [-0.05, 0) is 31.5 Å². The van der Waals surface area contributed by atoms with Crippen LogP contribution in [0.2, 0.25) is 5.02 Å². The van der Waals surface area contributed by atoms with Gasteiger partial charge in [0.05, 0.1) is 12.3 Å². The number of hydrogen-bond acceptors (Lipinski definition) is 4. The van der Waals surface area contributed by atoms with Crippen molar-refractivity contribution in [2.75, 3.05) is 19.0 Å². The molecule has 0 saturated carbocycles. The number of thioether (sulfide) groups is 1. The maximum absolute atomic E-state index is 6.15. The highest BCUT2D eigenvalue weighted by atomic mass is 35.5. The summed E-state index contributed by atoms with van der Waals surface area (Å²) in [5, 5.41) is 9.67. The lowest BCUT2D eigenvalue weighted by atomic mass is 10.2. The lowest BCUT2D eigenvalue weighted by Gasteiger charge is -2.07. The number of benzene rings is 1. The van der Waals surface area contributed by atoms with E-state index >= 15 is 0 Å². The van der Waals surface area contributed by atoms with Crippen LogP contribution in [0, 0.1) is 6.92 Å². The number of aryl methyl sites for hydroxylation is 1. The maximum Gasteiger partial charge on any atom is 0.195 e. The minimum atomic E-state index is 0.711. The van der Waals surface area contributed by atoms with E-state index in [-0.39, 0.29) is 0 Å². The molecule has 1 aromatic carbocycles. The largest absolute Gasteiger partial charge is 0.381 e. The van der Waals surface area contributed by atoms with Crippen LogP contribution in [0.15, 0.2) is 29.7 Å². The van der Waals surface area contributed by atoms with Gasteiger partial charge in [0.1, 0.15) is 6.33 Å². The van der Waals surface area contributed by atoms with Crippen molar-refractivity contribution in [3.63, 3.8) is 0 Å². The van der Waals surface area contributed by atoms with Crippen molar-refractivity contribution < 1.29 is 4.74 Å². The van der Waals surface area contributed by atoms with Crippen LogP contribution in [0.3, 0.4) is 0 Å². The standard InChI is InChI=1S/C13H16ClN3OS/c1-3-18-6-7-19-13-16-15-9-17(13)11-5-4-10(2)12(14)8-11/h4-5,8-9H,3,6-7H2,1-2H3. The van der Waals surface area contributed by atoms with Gasteiger partial charge in [-0.1, -0.05) is 29.4 Å². The Kier molecular flexibility index (Phi) is 5.24. The molecule has 0 aliphatic rings. The molecule has 1 heterocycles. The van der Waals surface area contributed by atoms with Crippen LogP contribution in [0.4, 0.5) is 0 Å². The first-order valence-corrected chi connectivity index (χ1v) is 7.46. The second-order valence-electron chi connectivity index (χ2n) is 3.96. The smallest absolute Gasteiger partial charge is 0.195 e. The van der Waals surface area contributed by atoms with E-state index in [9.17, 15) is 0 Å². The second kappa shape index (κ2) is 6.93. The molecule has 4 nitrogen and oxygen atoms in total. The molecule has 0 unspecified atom stereocenters. The zero-order valence-electron chi connectivity index (χ0n) is 11.0. The van der Waals surface area contributed by atoms with Gasteiger partial charge in [-0.3, -0.25) is 4.57 Å². The molecule has 102 valence electrons. The maximum atomic E-state index is 6.15. The van der Waals surface area contributed by atoms with Crippen molar-refractivity contribution in [2.24, 2.45) is 0 Å². The van der Waals surface area contributed by atoms with Crippen molar-refractivity contribution in [1.29, 1.82) is 0 Å². The van der Waals surface area contributed by atoms with Gasteiger partial charge in [-0.15, -0.1) is 10.2 Å². The molecule has 0 atom stereocenters. The molecule has 0 spiro atoms. The SMILES string of the molecule is CCOCCSc1nncn1-c1ccc(C)c(Cl)c1. The Morgan fingerprint density at radius 3 is 3.00 bits per heavy atom. The molecule has 0 bridgehead atoms. The first-order chi connectivity index (χ1) is 9.22. The van der Waals surface area contributed by atoms with Gasteiger partial charge in [0.15, 0.2) is 5.16 Å². The van der Waals surface area contributed by atoms with Crippen LogP contribution < -0.4 is 0 Å². The number of rotatable bonds is 6. The van der Waals surface area contributed by atoms with Crippen LogP contribution in [0.25, 0.3) is 5.69 Å². The Morgan fingerprint density at radius 1 is 1.42 bits per heavy atom. The second-order valence-corrected chi connectivity index (χ2v) is 5.43. The quantitative estimate of drug-likeness (QED) is 0.605. The first kappa shape index (κ1) is 14.4. The zero-order chi connectivity index (χ0) is 13.7. The summed E-state index contributed by atoms with van der Waals surface area (Å²) in [6.07, 6.45) is 1.70. The molecule has 0 fully saturated rings. The minimum absolute atomic E-state index is 0.711. The number of nitrogens with zero attached hydrogens (tertiary/aromatic N) is 3. The van der Waals surface area contributed by atoms with Crippen LogP contribution in [-0.2, 0) is 4.74 Å². The van der Waals surface area contributed by atoms with E-state index in [1.54, 1.807) is 18.1 Å². The van der Waals surface area contributed by atoms with Crippen LogP contribution >= 0.6 is 23.4 Å². The van der Waals surface area contributed by atoms with Gasteiger partial charge in [-0.25, -0.2) is 0 Å². The van der Waals surface area contributed by atoms with E-state index in [1.807, 2.05) is 36.6 Å². The lowest BCUT2D eigenvalue weighted by Crippen LogP contribution is -2.00.